The van der Waals surface area contributed by atoms with Crippen molar-refractivity contribution < 1.29 is 9.53 Å². The van der Waals surface area contributed by atoms with Crippen LogP contribution in [0.15, 0.2) is 18.4 Å². The van der Waals surface area contributed by atoms with Gasteiger partial charge < -0.3 is 10.5 Å². The molecule has 0 bridgehead atoms. The van der Waals surface area contributed by atoms with Gasteiger partial charge in [-0.25, -0.2) is 4.79 Å². The molecule has 3 heteroatoms. The second-order valence-corrected chi connectivity index (χ2v) is 2.79. The number of rotatable bonds is 3. The Balaban J connectivity index is 3.98. The van der Waals surface area contributed by atoms with E-state index in [9.17, 15) is 4.79 Å². The molecule has 62 valence electrons. The Bertz CT molecular complexity index is 184. The predicted molar refractivity (Wildman–Crippen MR) is 43.1 cm³/mol. The molecule has 2 N–H and O–H groups in total. The first kappa shape index (κ1) is 9.79. The zero-order chi connectivity index (χ0) is 8.91. The average Bonchev–Trinajstić information content (AvgIpc) is 1.81. The molecule has 0 aliphatic heterocycles. The molecule has 0 heterocycles. The van der Waals surface area contributed by atoms with Gasteiger partial charge in [-0.2, -0.15) is 0 Å². The molecule has 0 aromatic rings. The lowest BCUT2D eigenvalue weighted by Gasteiger charge is -2.21. The summed E-state index contributed by atoms with van der Waals surface area (Å²) in [5, 5.41) is 0. The maximum Gasteiger partial charge on any atom is 0.405 e. The minimum Gasteiger partial charge on any atom is -0.443 e. The Morgan fingerprint density at radius 2 is 2.36 bits per heavy atom. The third kappa shape index (κ3) is 5.25. The van der Waals surface area contributed by atoms with Gasteiger partial charge in [0.15, 0.2) is 0 Å². The van der Waals surface area contributed by atoms with E-state index in [4.69, 9.17) is 10.5 Å². The lowest BCUT2D eigenvalue weighted by Crippen LogP contribution is -2.30. The van der Waals surface area contributed by atoms with Crippen LogP contribution in [0, 0.1) is 0 Å². The summed E-state index contributed by atoms with van der Waals surface area (Å²) >= 11 is 0. The number of primary amides is 1. The molecule has 0 saturated heterocycles. The van der Waals surface area contributed by atoms with Crippen LogP contribution in [0.1, 0.15) is 20.3 Å². The fourth-order valence-corrected chi connectivity index (χ4v) is 0.632. The Hall–Kier alpha value is -1.21. The maximum atomic E-state index is 10.3. The van der Waals surface area contributed by atoms with Crippen molar-refractivity contribution in [3.8, 4) is 0 Å². The Labute approximate surface area is 66.5 Å². The zero-order valence-electron chi connectivity index (χ0n) is 6.89. The van der Waals surface area contributed by atoms with Crippen LogP contribution in [-0.2, 0) is 4.74 Å². The summed E-state index contributed by atoms with van der Waals surface area (Å²) in [4.78, 5) is 10.3. The second-order valence-electron chi connectivity index (χ2n) is 2.79. The molecule has 0 spiro atoms. The molecular formula is C8H13NO2. The van der Waals surface area contributed by atoms with E-state index in [1.54, 1.807) is 19.9 Å². The first-order valence-corrected chi connectivity index (χ1v) is 3.31. The van der Waals surface area contributed by atoms with E-state index < -0.39 is 11.7 Å². The van der Waals surface area contributed by atoms with Crippen LogP contribution in [0.2, 0.25) is 0 Å². The van der Waals surface area contributed by atoms with Crippen LogP contribution in [-0.4, -0.2) is 11.7 Å². The number of carbonyl (C=O) groups excluding carboxylic acids is 1. The zero-order valence-corrected chi connectivity index (χ0v) is 6.89. The van der Waals surface area contributed by atoms with Gasteiger partial charge in [-0.05, 0) is 19.9 Å². The van der Waals surface area contributed by atoms with Crippen LogP contribution in [0.5, 0.6) is 0 Å². The smallest absolute Gasteiger partial charge is 0.405 e. The highest BCUT2D eigenvalue weighted by Crippen LogP contribution is 2.13. The first-order chi connectivity index (χ1) is 4.98. The summed E-state index contributed by atoms with van der Waals surface area (Å²) in [7, 11) is 0. The molecule has 11 heavy (non-hydrogen) atoms. The van der Waals surface area contributed by atoms with Gasteiger partial charge in [0.1, 0.15) is 5.60 Å². The van der Waals surface area contributed by atoms with Crippen LogP contribution < -0.4 is 5.73 Å². The third-order valence-corrected chi connectivity index (χ3v) is 1.11. The van der Waals surface area contributed by atoms with Crippen molar-refractivity contribution in [1.82, 2.24) is 0 Å². The van der Waals surface area contributed by atoms with E-state index in [1.165, 1.54) is 0 Å². The van der Waals surface area contributed by atoms with Gasteiger partial charge in [0, 0.05) is 6.42 Å². The molecule has 0 aliphatic carbocycles. The van der Waals surface area contributed by atoms with E-state index in [2.05, 4.69) is 12.3 Å². The predicted octanol–water partition coefficient (Wildman–Crippen LogP) is 1.59. The first-order valence-electron chi connectivity index (χ1n) is 3.31. The number of hydrogen-bond acceptors (Lipinski definition) is 2. The molecule has 0 fully saturated rings. The molecular weight excluding hydrogens is 142 g/mol. The van der Waals surface area contributed by atoms with E-state index in [0.717, 1.165) is 0 Å². The lowest BCUT2D eigenvalue weighted by atomic mass is 10.1. The monoisotopic (exact) mass is 155 g/mol. The maximum absolute atomic E-state index is 10.3. The van der Waals surface area contributed by atoms with Gasteiger partial charge in [-0.15, -0.1) is 5.73 Å². The molecule has 0 aromatic heterocycles. The molecule has 0 unspecified atom stereocenters. The minimum absolute atomic E-state index is 0.559. The van der Waals surface area contributed by atoms with Gasteiger partial charge >= 0.3 is 6.09 Å². The highest BCUT2D eigenvalue weighted by molar-refractivity contribution is 5.65. The second kappa shape index (κ2) is 3.84. The lowest BCUT2D eigenvalue weighted by molar-refractivity contribution is 0.0480. The molecule has 0 rings (SSSR count). The molecule has 0 saturated carbocycles. The standard InChI is InChI=1S/C8H13NO2/c1-4-5-6-8(2,3)11-7(9)10/h5H,1,6H2,2-3H3,(H2,9,10). The Kier molecular flexibility index (Phi) is 3.42. The molecule has 0 aliphatic rings. The Morgan fingerprint density at radius 1 is 1.82 bits per heavy atom. The van der Waals surface area contributed by atoms with Crippen LogP contribution >= 0.6 is 0 Å². The summed E-state index contributed by atoms with van der Waals surface area (Å²) < 4.78 is 4.78. The quantitative estimate of drug-likeness (QED) is 0.629. The van der Waals surface area contributed by atoms with Gasteiger partial charge in [-0.1, -0.05) is 6.58 Å². The van der Waals surface area contributed by atoms with Gasteiger partial charge in [0.2, 0.25) is 0 Å². The number of ether oxygens (including phenoxy) is 1. The summed E-state index contributed by atoms with van der Waals surface area (Å²) in [6.07, 6.45) is 1.51. The highest BCUT2D eigenvalue weighted by Gasteiger charge is 2.19. The molecule has 1 amide bonds. The fourth-order valence-electron chi connectivity index (χ4n) is 0.632. The number of carbonyl (C=O) groups is 1. The average molecular weight is 155 g/mol. The normalized spacial score (nSPS) is 10.0. The molecule has 0 aromatic carbocycles. The van der Waals surface area contributed by atoms with Crippen molar-refractivity contribution in [3.63, 3.8) is 0 Å². The van der Waals surface area contributed by atoms with Gasteiger partial charge in [0.25, 0.3) is 0 Å². The number of hydrogen-bond donors (Lipinski definition) is 1. The van der Waals surface area contributed by atoms with Crippen molar-refractivity contribution in [1.29, 1.82) is 0 Å². The number of amides is 1. The van der Waals surface area contributed by atoms with Crippen molar-refractivity contribution in [2.75, 3.05) is 0 Å². The van der Waals surface area contributed by atoms with E-state index in [0.29, 0.717) is 6.42 Å². The van der Waals surface area contributed by atoms with Crippen LogP contribution in [0.4, 0.5) is 4.79 Å². The third-order valence-electron chi connectivity index (χ3n) is 1.11. The van der Waals surface area contributed by atoms with Crippen molar-refractivity contribution >= 4 is 6.09 Å². The molecule has 0 atom stereocenters. The van der Waals surface area contributed by atoms with E-state index >= 15 is 0 Å². The Morgan fingerprint density at radius 3 is 2.73 bits per heavy atom. The van der Waals surface area contributed by atoms with Crippen LogP contribution in [0.3, 0.4) is 0 Å². The molecule has 0 radical (unpaired) electrons. The fraction of sp³-hybridized carbons (Fsp3) is 0.500. The summed E-state index contributed by atoms with van der Waals surface area (Å²) in [5.74, 6) is 0. The van der Waals surface area contributed by atoms with Crippen molar-refractivity contribution in [2.24, 2.45) is 5.73 Å². The largest absolute Gasteiger partial charge is 0.443 e. The topological polar surface area (TPSA) is 52.3 Å². The summed E-state index contributed by atoms with van der Waals surface area (Å²) in [6.45, 7) is 6.93. The summed E-state index contributed by atoms with van der Waals surface area (Å²) in [5.41, 5.74) is 6.87. The van der Waals surface area contributed by atoms with Crippen molar-refractivity contribution in [3.05, 3.63) is 18.4 Å². The van der Waals surface area contributed by atoms with Gasteiger partial charge in [-0.3, -0.25) is 0 Å². The van der Waals surface area contributed by atoms with E-state index in [1.807, 2.05) is 0 Å². The van der Waals surface area contributed by atoms with Crippen molar-refractivity contribution in [2.45, 2.75) is 25.9 Å². The van der Waals surface area contributed by atoms with E-state index in [-0.39, 0.29) is 0 Å². The minimum atomic E-state index is -0.757. The summed E-state index contributed by atoms with van der Waals surface area (Å²) in [6, 6.07) is 0. The van der Waals surface area contributed by atoms with Gasteiger partial charge in [0.05, 0.1) is 0 Å². The highest BCUT2D eigenvalue weighted by atomic mass is 16.6. The molecule has 3 nitrogen and oxygen atoms in total. The SMILES string of the molecule is C=C=CCC(C)(C)OC(N)=O. The van der Waals surface area contributed by atoms with Crippen LogP contribution in [0.25, 0.3) is 0 Å². The number of nitrogens with two attached hydrogens (primary N) is 1.